The van der Waals surface area contributed by atoms with Gasteiger partial charge in [-0.1, -0.05) is 18.2 Å². The first-order valence-corrected chi connectivity index (χ1v) is 8.20. The number of hydrazone groups is 1. The molecule has 1 aromatic heterocycles. The smallest absolute Gasteiger partial charge is 0.400 e. The molecule has 0 unspecified atom stereocenters. The van der Waals surface area contributed by atoms with Crippen LogP contribution in [0.2, 0.25) is 0 Å². The molecule has 0 saturated carbocycles. The van der Waals surface area contributed by atoms with Gasteiger partial charge in [-0.15, -0.1) is 0 Å². The predicted octanol–water partition coefficient (Wildman–Crippen LogP) is 1.46. The monoisotopic (exact) mass is 357 g/mol. The number of nitro groups is 1. The Morgan fingerprint density at radius 1 is 1.19 bits per heavy atom. The second-order valence-corrected chi connectivity index (χ2v) is 5.83. The van der Waals surface area contributed by atoms with Crippen LogP contribution < -0.4 is 10.3 Å². The molecule has 0 bridgehead atoms. The third-order valence-electron chi connectivity index (χ3n) is 4.03. The Morgan fingerprint density at radius 2 is 1.92 bits per heavy atom. The van der Waals surface area contributed by atoms with Gasteiger partial charge in [0.15, 0.2) is 5.76 Å². The number of rotatable bonds is 6. The first kappa shape index (κ1) is 17.6. The molecule has 2 aromatic rings. The molecule has 0 radical (unpaired) electrons. The molecule has 0 atom stereocenters. The van der Waals surface area contributed by atoms with Gasteiger partial charge in [0.2, 0.25) is 0 Å². The van der Waals surface area contributed by atoms with Crippen molar-refractivity contribution in [2.75, 3.05) is 37.6 Å². The van der Waals surface area contributed by atoms with Gasteiger partial charge in [-0.2, -0.15) is 5.10 Å². The molecule has 26 heavy (non-hydrogen) atoms. The van der Waals surface area contributed by atoms with Crippen LogP contribution in [0.5, 0.6) is 0 Å². The minimum absolute atomic E-state index is 0.202. The summed E-state index contributed by atoms with van der Waals surface area (Å²) in [5.41, 5.74) is 3.59. The van der Waals surface area contributed by atoms with Gasteiger partial charge in [-0.05, 0) is 18.2 Å². The Morgan fingerprint density at radius 3 is 2.58 bits per heavy atom. The summed E-state index contributed by atoms with van der Waals surface area (Å²) >= 11 is 0. The van der Waals surface area contributed by atoms with E-state index in [9.17, 15) is 14.9 Å². The maximum absolute atomic E-state index is 11.9. The van der Waals surface area contributed by atoms with Crippen molar-refractivity contribution < 1.29 is 14.1 Å². The number of furan rings is 1. The lowest BCUT2D eigenvalue weighted by Crippen LogP contribution is -2.49. The second kappa shape index (κ2) is 8.26. The van der Waals surface area contributed by atoms with E-state index in [0.717, 1.165) is 26.2 Å². The van der Waals surface area contributed by atoms with Gasteiger partial charge < -0.3 is 9.32 Å². The first-order valence-electron chi connectivity index (χ1n) is 8.20. The third-order valence-corrected chi connectivity index (χ3v) is 4.03. The Hall–Kier alpha value is -3.20. The van der Waals surface area contributed by atoms with E-state index in [1.54, 1.807) is 0 Å². The average molecular weight is 357 g/mol. The van der Waals surface area contributed by atoms with E-state index in [-0.39, 0.29) is 24.1 Å². The van der Waals surface area contributed by atoms with Crippen molar-refractivity contribution in [1.29, 1.82) is 0 Å². The van der Waals surface area contributed by atoms with Gasteiger partial charge in [-0.3, -0.25) is 19.8 Å². The second-order valence-electron chi connectivity index (χ2n) is 5.83. The van der Waals surface area contributed by atoms with Crippen molar-refractivity contribution >= 4 is 23.7 Å². The highest BCUT2D eigenvalue weighted by Crippen LogP contribution is 2.15. The number of anilines is 1. The number of amides is 1. The van der Waals surface area contributed by atoms with Crippen LogP contribution in [0.3, 0.4) is 0 Å². The van der Waals surface area contributed by atoms with Gasteiger partial charge in [0.25, 0.3) is 5.91 Å². The van der Waals surface area contributed by atoms with E-state index in [2.05, 4.69) is 32.5 Å². The number of hydrogen-bond acceptors (Lipinski definition) is 7. The molecule has 136 valence electrons. The standard InChI is InChI=1S/C17H19N5O4/c23-16(19-18-12-15-6-7-17(26-15)22(24)25)13-20-8-10-21(11-9-20)14-4-2-1-3-5-14/h1-7,12H,8-11,13H2,(H,19,23)/b18-12+. The van der Waals surface area contributed by atoms with E-state index in [0.29, 0.717) is 0 Å². The van der Waals surface area contributed by atoms with E-state index < -0.39 is 4.92 Å². The van der Waals surface area contributed by atoms with E-state index in [1.165, 1.54) is 24.0 Å². The van der Waals surface area contributed by atoms with Gasteiger partial charge in [0.05, 0.1) is 18.8 Å². The molecule has 1 aliphatic heterocycles. The summed E-state index contributed by atoms with van der Waals surface area (Å²) in [7, 11) is 0. The molecule has 2 heterocycles. The lowest BCUT2D eigenvalue weighted by Gasteiger charge is -2.35. The highest BCUT2D eigenvalue weighted by atomic mass is 16.6. The zero-order valence-electron chi connectivity index (χ0n) is 14.1. The van der Waals surface area contributed by atoms with Crippen molar-refractivity contribution in [2.24, 2.45) is 5.10 Å². The number of carbonyl (C=O) groups is 1. The Balaban J connectivity index is 1.41. The van der Waals surface area contributed by atoms with Crippen LogP contribution in [0.15, 0.2) is 52.0 Å². The molecule has 1 amide bonds. The van der Waals surface area contributed by atoms with Gasteiger partial charge in [0.1, 0.15) is 4.92 Å². The van der Waals surface area contributed by atoms with E-state index >= 15 is 0 Å². The van der Waals surface area contributed by atoms with Crippen molar-refractivity contribution in [3.05, 3.63) is 58.3 Å². The average Bonchev–Trinajstić information content (AvgIpc) is 3.12. The summed E-state index contributed by atoms with van der Waals surface area (Å²) in [6, 6.07) is 12.8. The number of hydrogen-bond donors (Lipinski definition) is 1. The maximum Gasteiger partial charge on any atom is 0.433 e. The summed E-state index contributed by atoms with van der Waals surface area (Å²) in [6.45, 7) is 3.54. The predicted molar refractivity (Wildman–Crippen MR) is 96.2 cm³/mol. The summed E-state index contributed by atoms with van der Waals surface area (Å²) in [5.74, 6) is -0.405. The zero-order valence-corrected chi connectivity index (χ0v) is 14.1. The van der Waals surface area contributed by atoms with Gasteiger partial charge >= 0.3 is 5.88 Å². The Kier molecular flexibility index (Phi) is 5.59. The van der Waals surface area contributed by atoms with Crippen LogP contribution in [0, 0.1) is 10.1 Å². The number of para-hydroxylation sites is 1. The lowest BCUT2D eigenvalue weighted by molar-refractivity contribution is -0.402. The molecule has 1 aliphatic rings. The SMILES string of the molecule is O=C(CN1CCN(c2ccccc2)CC1)N/N=C/c1ccc([N+](=O)[O-])o1. The molecule has 0 aliphatic carbocycles. The fourth-order valence-corrected chi connectivity index (χ4v) is 2.72. The van der Waals surface area contributed by atoms with Gasteiger partial charge in [-0.25, -0.2) is 5.43 Å². The third kappa shape index (κ3) is 4.67. The van der Waals surface area contributed by atoms with Crippen molar-refractivity contribution in [2.45, 2.75) is 0 Å². The Bertz CT molecular complexity index is 781. The van der Waals surface area contributed by atoms with Crippen molar-refractivity contribution in [3.8, 4) is 0 Å². The Labute approximate surface area is 150 Å². The number of benzene rings is 1. The lowest BCUT2D eigenvalue weighted by atomic mass is 10.2. The van der Waals surface area contributed by atoms with Crippen LogP contribution in [-0.4, -0.2) is 54.7 Å². The fraction of sp³-hybridized carbons (Fsp3) is 0.294. The quantitative estimate of drug-likeness (QED) is 0.477. The minimum atomic E-state index is -0.634. The molecule has 3 rings (SSSR count). The van der Waals surface area contributed by atoms with Crippen LogP contribution in [0.4, 0.5) is 11.6 Å². The highest BCUT2D eigenvalue weighted by Gasteiger charge is 2.19. The number of piperazine rings is 1. The maximum atomic E-state index is 11.9. The normalized spacial score (nSPS) is 15.3. The fourth-order valence-electron chi connectivity index (χ4n) is 2.72. The minimum Gasteiger partial charge on any atom is -0.400 e. The highest BCUT2D eigenvalue weighted by molar-refractivity contribution is 5.81. The van der Waals surface area contributed by atoms with Crippen molar-refractivity contribution in [3.63, 3.8) is 0 Å². The molecular weight excluding hydrogens is 338 g/mol. The number of nitrogens with one attached hydrogen (secondary N) is 1. The topological polar surface area (TPSA) is 104 Å². The van der Waals surface area contributed by atoms with E-state index in [1.807, 2.05) is 18.2 Å². The summed E-state index contributed by atoms with van der Waals surface area (Å²) in [4.78, 5) is 26.2. The summed E-state index contributed by atoms with van der Waals surface area (Å²) in [5, 5.41) is 14.3. The van der Waals surface area contributed by atoms with Crippen LogP contribution in [-0.2, 0) is 4.79 Å². The van der Waals surface area contributed by atoms with Crippen LogP contribution in [0.25, 0.3) is 0 Å². The first-order chi connectivity index (χ1) is 12.6. The molecule has 9 heteroatoms. The van der Waals surface area contributed by atoms with Crippen LogP contribution in [0.1, 0.15) is 5.76 Å². The molecule has 1 saturated heterocycles. The summed E-state index contributed by atoms with van der Waals surface area (Å²) < 4.78 is 4.92. The molecule has 1 fully saturated rings. The largest absolute Gasteiger partial charge is 0.433 e. The molecule has 9 nitrogen and oxygen atoms in total. The molecule has 0 spiro atoms. The zero-order chi connectivity index (χ0) is 18.4. The van der Waals surface area contributed by atoms with Gasteiger partial charge in [0, 0.05) is 31.9 Å². The van der Waals surface area contributed by atoms with E-state index in [4.69, 9.17) is 4.42 Å². The van der Waals surface area contributed by atoms with Crippen molar-refractivity contribution in [1.82, 2.24) is 10.3 Å². The molecule has 1 aromatic carbocycles. The summed E-state index contributed by atoms with van der Waals surface area (Å²) in [6.07, 6.45) is 1.23. The van der Waals surface area contributed by atoms with Crippen LogP contribution >= 0.6 is 0 Å². The molecule has 1 N–H and O–H groups in total. The number of nitrogens with zero attached hydrogens (tertiary/aromatic N) is 4. The molecular formula is C17H19N5O4. The number of carbonyl (C=O) groups excluding carboxylic acids is 1.